The van der Waals surface area contributed by atoms with Crippen molar-refractivity contribution < 1.29 is 0 Å². The highest BCUT2D eigenvalue weighted by Crippen LogP contribution is 2.16. The molecule has 15 heavy (non-hydrogen) atoms. The van der Waals surface area contributed by atoms with E-state index < -0.39 is 0 Å². The second kappa shape index (κ2) is 6.25. The van der Waals surface area contributed by atoms with Gasteiger partial charge >= 0.3 is 0 Å². The number of nitrogens with one attached hydrogen (secondary N) is 2. The molecule has 1 heterocycles. The predicted molar refractivity (Wildman–Crippen MR) is 57.1 cm³/mol. The minimum absolute atomic E-state index is 0.373. The van der Waals surface area contributed by atoms with E-state index in [1.165, 1.54) is 0 Å². The Balaban J connectivity index is 2.27. The van der Waals surface area contributed by atoms with Crippen molar-refractivity contribution in [3.8, 4) is 6.07 Å². The molecule has 2 N–H and O–H groups in total. The van der Waals surface area contributed by atoms with Crippen LogP contribution in [0.15, 0.2) is 5.11 Å². The third-order valence-electron chi connectivity index (χ3n) is 2.63. The maximum absolute atomic E-state index is 9.12. The van der Waals surface area contributed by atoms with Gasteiger partial charge < -0.3 is 5.32 Å². The van der Waals surface area contributed by atoms with Gasteiger partial charge in [0.15, 0.2) is 0 Å². The molecule has 82 valence electrons. The van der Waals surface area contributed by atoms with Crippen molar-refractivity contribution in [2.24, 2.45) is 5.11 Å². The molecule has 1 aliphatic rings. The summed E-state index contributed by atoms with van der Waals surface area (Å²) < 4.78 is 0. The molecule has 0 saturated carbocycles. The van der Waals surface area contributed by atoms with E-state index in [9.17, 15) is 0 Å². The Hall–Kier alpha value is -1.28. The molecule has 6 heteroatoms. The van der Waals surface area contributed by atoms with Gasteiger partial charge in [0.25, 0.3) is 0 Å². The smallest absolute Gasteiger partial charge is 0.109 e. The summed E-state index contributed by atoms with van der Waals surface area (Å²) in [5, 5.41) is 19.1. The minimum atomic E-state index is -0.373. The van der Waals surface area contributed by atoms with Crippen molar-refractivity contribution in [1.29, 1.82) is 5.26 Å². The van der Waals surface area contributed by atoms with E-state index in [4.69, 9.17) is 10.8 Å². The summed E-state index contributed by atoms with van der Waals surface area (Å²) in [5.41, 5.74) is 7.72. The fourth-order valence-corrected chi connectivity index (χ4v) is 1.70. The topological polar surface area (TPSA) is 96.6 Å². The van der Waals surface area contributed by atoms with E-state index >= 15 is 0 Å². The zero-order chi connectivity index (χ0) is 11.0. The van der Waals surface area contributed by atoms with Gasteiger partial charge in [0.05, 0.1) is 6.07 Å². The monoisotopic (exact) mass is 208 g/mol. The Morgan fingerprint density at radius 2 is 2.27 bits per heavy atom. The molecule has 1 fully saturated rings. The first-order valence-corrected chi connectivity index (χ1v) is 5.21. The molecule has 0 bridgehead atoms. The van der Waals surface area contributed by atoms with Gasteiger partial charge in [0.2, 0.25) is 0 Å². The molecular weight excluding hydrogens is 192 g/mol. The van der Waals surface area contributed by atoms with Crippen molar-refractivity contribution in [2.45, 2.75) is 24.8 Å². The molecule has 0 atom stereocenters. The summed E-state index contributed by atoms with van der Waals surface area (Å²) in [7, 11) is 0. The zero-order valence-corrected chi connectivity index (χ0v) is 8.74. The lowest BCUT2D eigenvalue weighted by atomic mass is 9.90. The first-order valence-electron chi connectivity index (χ1n) is 5.21. The Morgan fingerprint density at radius 1 is 1.53 bits per heavy atom. The molecule has 1 saturated heterocycles. The second-order valence-electron chi connectivity index (χ2n) is 3.68. The van der Waals surface area contributed by atoms with Gasteiger partial charge in [-0.2, -0.15) is 5.26 Å². The third kappa shape index (κ3) is 3.76. The maximum Gasteiger partial charge on any atom is 0.109 e. The molecule has 0 aromatic rings. The lowest BCUT2D eigenvalue weighted by Crippen LogP contribution is -2.51. The number of nitriles is 1. The minimum Gasteiger partial charge on any atom is -0.317 e. The van der Waals surface area contributed by atoms with Gasteiger partial charge in [-0.05, 0) is 44.4 Å². The van der Waals surface area contributed by atoms with Gasteiger partial charge in [0.1, 0.15) is 5.54 Å². The quantitative estimate of drug-likeness (QED) is 0.304. The van der Waals surface area contributed by atoms with Crippen LogP contribution in [0.3, 0.4) is 0 Å². The Labute approximate surface area is 89.3 Å². The lowest BCUT2D eigenvalue weighted by molar-refractivity contribution is 0.311. The third-order valence-corrected chi connectivity index (χ3v) is 2.63. The van der Waals surface area contributed by atoms with Crippen molar-refractivity contribution in [2.75, 3.05) is 26.2 Å². The van der Waals surface area contributed by atoms with Crippen molar-refractivity contribution in [3.05, 3.63) is 10.4 Å². The summed E-state index contributed by atoms with van der Waals surface area (Å²) >= 11 is 0. The fraction of sp³-hybridized carbons (Fsp3) is 0.889. The van der Waals surface area contributed by atoms with Gasteiger partial charge in [0, 0.05) is 11.5 Å². The van der Waals surface area contributed by atoms with Crippen LogP contribution in [0.2, 0.25) is 0 Å². The van der Waals surface area contributed by atoms with E-state index in [-0.39, 0.29) is 5.54 Å². The fourth-order valence-electron chi connectivity index (χ4n) is 1.70. The molecule has 0 aromatic carbocycles. The molecule has 0 aliphatic carbocycles. The maximum atomic E-state index is 9.12. The highest BCUT2D eigenvalue weighted by atomic mass is 15.1. The molecule has 0 unspecified atom stereocenters. The summed E-state index contributed by atoms with van der Waals surface area (Å²) in [4.78, 5) is 2.68. The van der Waals surface area contributed by atoms with Crippen LogP contribution in [-0.2, 0) is 0 Å². The van der Waals surface area contributed by atoms with E-state index in [2.05, 4.69) is 26.7 Å². The summed E-state index contributed by atoms with van der Waals surface area (Å²) in [6, 6.07) is 2.35. The molecule has 6 nitrogen and oxygen atoms in total. The van der Waals surface area contributed by atoms with Crippen LogP contribution >= 0.6 is 0 Å². The summed E-state index contributed by atoms with van der Waals surface area (Å²) in [6.07, 6.45) is 2.46. The van der Waals surface area contributed by atoms with Crippen LogP contribution in [0.4, 0.5) is 0 Å². The van der Waals surface area contributed by atoms with Crippen molar-refractivity contribution in [1.82, 2.24) is 10.6 Å². The highest BCUT2D eigenvalue weighted by Gasteiger charge is 2.30. The lowest BCUT2D eigenvalue weighted by Gasteiger charge is -2.32. The first-order chi connectivity index (χ1) is 7.33. The van der Waals surface area contributed by atoms with Crippen LogP contribution < -0.4 is 10.6 Å². The van der Waals surface area contributed by atoms with Gasteiger partial charge in [-0.15, -0.1) is 0 Å². The zero-order valence-electron chi connectivity index (χ0n) is 8.74. The van der Waals surface area contributed by atoms with Crippen LogP contribution in [0, 0.1) is 11.3 Å². The van der Waals surface area contributed by atoms with Crippen LogP contribution in [0.1, 0.15) is 19.3 Å². The molecule has 0 radical (unpaired) electrons. The molecule has 1 rings (SSSR count). The first kappa shape index (κ1) is 11.8. The van der Waals surface area contributed by atoms with Crippen molar-refractivity contribution in [3.63, 3.8) is 0 Å². The molecule has 0 spiro atoms. The number of hydrogen-bond acceptors (Lipinski definition) is 4. The average Bonchev–Trinajstić information content (AvgIpc) is 2.30. The number of rotatable bonds is 5. The van der Waals surface area contributed by atoms with Gasteiger partial charge in [-0.1, -0.05) is 5.11 Å². The molecule has 0 aromatic heterocycles. The largest absolute Gasteiger partial charge is 0.317 e. The second-order valence-corrected chi connectivity index (χ2v) is 3.68. The van der Waals surface area contributed by atoms with Crippen LogP contribution in [-0.4, -0.2) is 31.7 Å². The summed E-state index contributed by atoms with van der Waals surface area (Å²) in [5.74, 6) is 0. The molecule has 0 amide bonds. The average molecular weight is 208 g/mol. The van der Waals surface area contributed by atoms with Crippen LogP contribution in [0.5, 0.6) is 0 Å². The standard InChI is InChI=1S/C9H16N6/c10-8-9(2-6-12-7-3-9)13-4-1-5-14-15-11/h12-13H,1-7H2. The summed E-state index contributed by atoms with van der Waals surface area (Å²) in [6.45, 7) is 2.99. The normalized spacial score (nSPS) is 18.9. The van der Waals surface area contributed by atoms with E-state index in [0.29, 0.717) is 6.54 Å². The van der Waals surface area contributed by atoms with E-state index in [1.54, 1.807) is 0 Å². The van der Waals surface area contributed by atoms with Crippen molar-refractivity contribution >= 4 is 0 Å². The van der Waals surface area contributed by atoms with E-state index in [1.807, 2.05) is 0 Å². The SMILES string of the molecule is N#CC1(NCCCN=[N+]=[N-])CCNCC1. The Kier molecular flexibility index (Phi) is 4.91. The highest BCUT2D eigenvalue weighted by molar-refractivity contribution is 5.09. The molecule has 1 aliphatic heterocycles. The number of piperidine rings is 1. The number of hydrogen-bond donors (Lipinski definition) is 2. The molecular formula is C9H16N6. The van der Waals surface area contributed by atoms with Gasteiger partial charge in [-0.25, -0.2) is 0 Å². The number of azide groups is 1. The Morgan fingerprint density at radius 3 is 2.87 bits per heavy atom. The Bertz CT molecular complexity index is 269. The predicted octanol–water partition coefficient (Wildman–Crippen LogP) is 0.922. The van der Waals surface area contributed by atoms with Crippen LogP contribution in [0.25, 0.3) is 10.4 Å². The number of nitrogens with zero attached hydrogens (tertiary/aromatic N) is 4. The van der Waals surface area contributed by atoms with E-state index in [0.717, 1.165) is 38.9 Å². The van der Waals surface area contributed by atoms with Gasteiger partial charge in [-0.3, -0.25) is 5.32 Å².